The molecular weight excluding hydrogens is 296 g/mol. The number of rotatable bonds is 5. The van der Waals surface area contributed by atoms with Gasteiger partial charge in [0.15, 0.2) is 0 Å². The van der Waals surface area contributed by atoms with Crippen LogP contribution in [0, 0.1) is 5.92 Å². The Morgan fingerprint density at radius 2 is 2.15 bits per heavy atom. The van der Waals surface area contributed by atoms with E-state index in [1.54, 1.807) is 16.6 Å². The second kappa shape index (κ2) is 6.08. The zero-order valence-electron chi connectivity index (χ0n) is 12.3. The predicted octanol–water partition coefficient (Wildman–Crippen LogP) is 3.23. The highest BCUT2D eigenvalue weighted by atomic mass is 35.5. The van der Waals surface area contributed by atoms with E-state index in [4.69, 9.17) is 11.6 Å². The summed E-state index contributed by atoms with van der Waals surface area (Å²) in [4.78, 5) is 0.374. The van der Waals surface area contributed by atoms with E-state index in [0.29, 0.717) is 29.8 Å². The third-order valence-corrected chi connectivity index (χ3v) is 6.17. The quantitative estimate of drug-likeness (QED) is 0.782. The van der Waals surface area contributed by atoms with Crippen molar-refractivity contribution in [3.05, 3.63) is 18.0 Å². The molecule has 6 heteroatoms. The number of hydrogen-bond donors (Lipinski definition) is 0. The maximum atomic E-state index is 12.7. The third kappa shape index (κ3) is 2.90. The highest BCUT2D eigenvalue weighted by molar-refractivity contribution is 7.89. The van der Waals surface area contributed by atoms with E-state index >= 15 is 0 Å². The van der Waals surface area contributed by atoms with Crippen LogP contribution in [0.25, 0.3) is 0 Å². The van der Waals surface area contributed by atoms with E-state index in [0.717, 1.165) is 18.5 Å². The van der Waals surface area contributed by atoms with E-state index in [1.807, 2.05) is 18.4 Å². The molecule has 0 amide bonds. The lowest BCUT2D eigenvalue weighted by Gasteiger charge is -2.15. The Morgan fingerprint density at radius 3 is 2.60 bits per heavy atom. The molecule has 1 aromatic rings. The van der Waals surface area contributed by atoms with Gasteiger partial charge in [-0.25, -0.2) is 8.42 Å². The summed E-state index contributed by atoms with van der Waals surface area (Å²) in [6.45, 7) is 7.43. The molecule has 0 radical (unpaired) electrons. The van der Waals surface area contributed by atoms with Crippen molar-refractivity contribution in [1.29, 1.82) is 0 Å². The zero-order valence-corrected chi connectivity index (χ0v) is 13.9. The summed E-state index contributed by atoms with van der Waals surface area (Å²) in [7, 11) is -3.37. The smallest absolute Gasteiger partial charge is 0.244 e. The molecule has 114 valence electrons. The van der Waals surface area contributed by atoms with Gasteiger partial charge >= 0.3 is 0 Å². The SMILES string of the molecule is CCC1CCN(S(=O)(=O)c2cc(CCl)n(C(C)C)c2)C1. The summed E-state index contributed by atoms with van der Waals surface area (Å²) in [6.07, 6.45) is 3.71. The zero-order chi connectivity index (χ0) is 14.9. The summed E-state index contributed by atoms with van der Waals surface area (Å²) in [5.74, 6) is 0.815. The lowest BCUT2D eigenvalue weighted by atomic mass is 10.1. The standard InChI is InChI=1S/C14H23ClN2O2S/c1-4-12-5-6-16(9-12)20(18,19)14-7-13(8-15)17(10-14)11(2)3/h7,10-12H,4-6,8-9H2,1-3H3. The molecule has 0 N–H and O–H groups in total. The Morgan fingerprint density at radius 1 is 1.45 bits per heavy atom. The van der Waals surface area contributed by atoms with Gasteiger partial charge in [-0.3, -0.25) is 0 Å². The number of aromatic nitrogens is 1. The lowest BCUT2D eigenvalue weighted by molar-refractivity contribution is 0.452. The molecule has 1 unspecified atom stereocenters. The minimum Gasteiger partial charge on any atom is -0.346 e. The molecule has 1 fully saturated rings. The molecule has 0 bridgehead atoms. The molecular formula is C14H23ClN2O2S. The second-order valence-corrected chi connectivity index (χ2v) is 7.93. The summed E-state index contributed by atoms with van der Waals surface area (Å²) in [6, 6.07) is 1.91. The van der Waals surface area contributed by atoms with Crippen molar-refractivity contribution in [3.8, 4) is 0 Å². The largest absolute Gasteiger partial charge is 0.346 e. The molecule has 0 aromatic carbocycles. The van der Waals surface area contributed by atoms with Crippen molar-refractivity contribution in [3.63, 3.8) is 0 Å². The second-order valence-electron chi connectivity index (χ2n) is 5.73. The van der Waals surface area contributed by atoms with Crippen molar-refractivity contribution in [2.24, 2.45) is 5.92 Å². The average Bonchev–Trinajstić information content (AvgIpc) is 3.05. The Labute approximate surface area is 126 Å². The molecule has 2 heterocycles. The van der Waals surface area contributed by atoms with Gasteiger partial charge in [-0.2, -0.15) is 4.31 Å². The summed E-state index contributed by atoms with van der Waals surface area (Å²) in [5, 5.41) is 0. The van der Waals surface area contributed by atoms with Gasteiger partial charge in [0.1, 0.15) is 4.90 Å². The van der Waals surface area contributed by atoms with Gasteiger partial charge < -0.3 is 4.57 Å². The van der Waals surface area contributed by atoms with Crippen LogP contribution in [0.15, 0.2) is 17.2 Å². The van der Waals surface area contributed by atoms with Gasteiger partial charge in [0.2, 0.25) is 10.0 Å². The van der Waals surface area contributed by atoms with Crippen LogP contribution in [0.3, 0.4) is 0 Å². The molecule has 1 saturated heterocycles. The fraction of sp³-hybridized carbons (Fsp3) is 0.714. The first kappa shape index (κ1) is 15.9. The molecule has 0 aliphatic carbocycles. The van der Waals surface area contributed by atoms with Gasteiger partial charge in [-0.15, -0.1) is 11.6 Å². The van der Waals surface area contributed by atoms with Crippen molar-refractivity contribution in [1.82, 2.24) is 8.87 Å². The van der Waals surface area contributed by atoms with Crippen molar-refractivity contribution >= 4 is 21.6 Å². The van der Waals surface area contributed by atoms with Gasteiger partial charge in [0.05, 0.1) is 5.88 Å². The van der Waals surface area contributed by atoms with E-state index in [1.165, 1.54) is 0 Å². The molecule has 0 spiro atoms. The Hall–Kier alpha value is -0.520. The van der Waals surface area contributed by atoms with Gasteiger partial charge in [-0.05, 0) is 32.3 Å². The van der Waals surface area contributed by atoms with Gasteiger partial charge in [0, 0.05) is 31.0 Å². The number of nitrogens with zero attached hydrogens (tertiary/aromatic N) is 2. The molecule has 1 atom stereocenters. The van der Waals surface area contributed by atoms with Crippen LogP contribution in [0.4, 0.5) is 0 Å². The molecule has 1 aromatic heterocycles. The van der Waals surface area contributed by atoms with Crippen LogP contribution >= 0.6 is 11.6 Å². The highest BCUT2D eigenvalue weighted by Crippen LogP contribution is 2.28. The van der Waals surface area contributed by atoms with E-state index in [-0.39, 0.29) is 6.04 Å². The molecule has 1 aliphatic rings. The van der Waals surface area contributed by atoms with Crippen molar-refractivity contribution < 1.29 is 8.42 Å². The fourth-order valence-corrected chi connectivity index (χ4v) is 4.52. The normalized spacial score (nSPS) is 20.9. The van der Waals surface area contributed by atoms with Crippen LogP contribution in [0.2, 0.25) is 0 Å². The van der Waals surface area contributed by atoms with E-state index in [9.17, 15) is 8.42 Å². The fourth-order valence-electron chi connectivity index (χ4n) is 2.72. The molecule has 2 rings (SSSR count). The third-order valence-electron chi connectivity index (χ3n) is 4.06. The van der Waals surface area contributed by atoms with Crippen LogP contribution in [-0.4, -0.2) is 30.4 Å². The molecule has 1 aliphatic heterocycles. The van der Waals surface area contributed by atoms with Crippen molar-refractivity contribution in [2.75, 3.05) is 13.1 Å². The number of sulfonamides is 1. The molecule has 0 saturated carbocycles. The minimum atomic E-state index is -3.37. The van der Waals surface area contributed by atoms with Gasteiger partial charge in [0.25, 0.3) is 0 Å². The molecule has 4 nitrogen and oxygen atoms in total. The first-order valence-corrected chi connectivity index (χ1v) is 9.14. The van der Waals surface area contributed by atoms with Crippen LogP contribution in [-0.2, 0) is 15.9 Å². The highest BCUT2D eigenvalue weighted by Gasteiger charge is 2.32. The van der Waals surface area contributed by atoms with Crippen LogP contribution in [0.5, 0.6) is 0 Å². The minimum absolute atomic E-state index is 0.203. The van der Waals surface area contributed by atoms with Crippen LogP contribution < -0.4 is 0 Å². The van der Waals surface area contributed by atoms with Gasteiger partial charge in [-0.1, -0.05) is 13.3 Å². The topological polar surface area (TPSA) is 42.3 Å². The number of alkyl halides is 1. The summed E-state index contributed by atoms with van der Waals surface area (Å²) >= 11 is 5.92. The first-order chi connectivity index (χ1) is 9.40. The van der Waals surface area contributed by atoms with E-state index < -0.39 is 10.0 Å². The number of halogens is 1. The first-order valence-electron chi connectivity index (χ1n) is 7.17. The monoisotopic (exact) mass is 318 g/mol. The lowest BCUT2D eigenvalue weighted by Crippen LogP contribution is -2.28. The Bertz CT molecular complexity index is 566. The maximum Gasteiger partial charge on any atom is 0.244 e. The average molecular weight is 319 g/mol. The van der Waals surface area contributed by atoms with Crippen LogP contribution in [0.1, 0.15) is 45.3 Å². The number of hydrogen-bond acceptors (Lipinski definition) is 2. The van der Waals surface area contributed by atoms with Crippen molar-refractivity contribution in [2.45, 2.75) is 50.4 Å². The predicted molar refractivity (Wildman–Crippen MR) is 81.5 cm³/mol. The van der Waals surface area contributed by atoms with E-state index in [2.05, 4.69) is 6.92 Å². The maximum absolute atomic E-state index is 12.7. The Kier molecular flexibility index (Phi) is 4.82. The molecule has 20 heavy (non-hydrogen) atoms. The summed E-state index contributed by atoms with van der Waals surface area (Å²) in [5.41, 5.74) is 0.853. The summed E-state index contributed by atoms with van der Waals surface area (Å²) < 4.78 is 28.9. The Balaban J connectivity index is 2.31.